The Morgan fingerprint density at radius 3 is 1.12 bits per heavy atom. The fourth-order valence-corrected chi connectivity index (χ4v) is 0.636. The second-order valence-electron chi connectivity index (χ2n) is 2.97. The lowest BCUT2D eigenvalue weighted by atomic mass is 10.4. The van der Waals surface area contributed by atoms with Crippen LogP contribution in [0.5, 0.6) is 0 Å². The summed E-state index contributed by atoms with van der Waals surface area (Å²) in [6, 6.07) is 0. The van der Waals surface area contributed by atoms with Gasteiger partial charge in [-0.15, -0.1) is 0 Å². The molecule has 0 aliphatic rings. The van der Waals surface area contributed by atoms with Gasteiger partial charge in [-0.3, -0.25) is 0 Å². The number of aliphatic carboxylic acids is 2. The van der Waals surface area contributed by atoms with E-state index in [9.17, 15) is 9.59 Å². The maximum Gasteiger partial charge on any atom is 0.330 e. The predicted molar refractivity (Wildman–Crippen MR) is 77.2 cm³/mol. The molecular formula is C11H20O4S2. The molecule has 0 saturated carbocycles. The predicted octanol–water partition coefficient (Wildman–Crippen LogP) is 2.53. The van der Waals surface area contributed by atoms with E-state index in [1.807, 2.05) is 0 Å². The fourth-order valence-electron chi connectivity index (χ4n) is 0.0707. The van der Waals surface area contributed by atoms with Crippen LogP contribution in [0.15, 0.2) is 24.3 Å². The van der Waals surface area contributed by atoms with Crippen LogP contribution in [0.25, 0.3) is 0 Å². The van der Waals surface area contributed by atoms with E-state index in [4.69, 9.17) is 10.2 Å². The van der Waals surface area contributed by atoms with E-state index in [1.54, 1.807) is 0 Å². The van der Waals surface area contributed by atoms with Crippen molar-refractivity contribution in [3.8, 4) is 0 Å². The Labute approximate surface area is 113 Å². The quantitative estimate of drug-likeness (QED) is 0.471. The fraction of sp³-hybridized carbons (Fsp3) is 0.455. The molecule has 0 amide bonds. The second kappa shape index (κ2) is 15.1. The van der Waals surface area contributed by atoms with Crippen molar-refractivity contribution in [3.05, 3.63) is 24.3 Å². The molecule has 100 valence electrons. The van der Waals surface area contributed by atoms with E-state index in [2.05, 4.69) is 38.4 Å². The average molecular weight is 280 g/mol. The molecule has 0 radical (unpaired) electrons. The van der Waals surface area contributed by atoms with E-state index < -0.39 is 11.9 Å². The molecule has 0 aliphatic heterocycles. The van der Waals surface area contributed by atoms with Crippen molar-refractivity contribution < 1.29 is 19.8 Å². The average Bonchev–Trinajstić information content (AvgIpc) is 2.20. The zero-order valence-corrected chi connectivity index (χ0v) is 11.9. The highest BCUT2D eigenvalue weighted by atomic mass is 32.1. The van der Waals surface area contributed by atoms with Crippen molar-refractivity contribution in [2.75, 3.05) is 11.5 Å². The Hall–Kier alpha value is -0.880. The minimum atomic E-state index is -0.935. The Balaban J connectivity index is -0.000000174. The van der Waals surface area contributed by atoms with Gasteiger partial charge in [-0.25, -0.2) is 9.59 Å². The van der Waals surface area contributed by atoms with Crippen LogP contribution in [-0.4, -0.2) is 33.7 Å². The number of carboxylic acids is 2. The summed E-state index contributed by atoms with van der Waals surface area (Å²) in [5, 5.41) is 15.8. The standard InChI is InChI=1S/2C4H6O2.C3H8S2/c2*1-3(2)4(5)6;4-2-1-3-5/h2*1H2,2H3,(H,5,6);4-5H,1-3H2. The molecule has 0 aliphatic carbocycles. The first kappa shape index (κ1) is 21.4. The summed E-state index contributed by atoms with van der Waals surface area (Å²) in [6.07, 6.45) is 1.12. The lowest BCUT2D eigenvalue weighted by Gasteiger charge is -1.79. The molecule has 0 aromatic carbocycles. The van der Waals surface area contributed by atoms with Crippen LogP contribution in [0.1, 0.15) is 20.3 Å². The third-order valence-corrected chi connectivity index (χ3v) is 1.68. The number of rotatable bonds is 4. The summed E-state index contributed by atoms with van der Waals surface area (Å²) in [7, 11) is 0. The highest BCUT2D eigenvalue weighted by Crippen LogP contribution is 1.83. The molecule has 0 heterocycles. The molecule has 6 heteroatoms. The third kappa shape index (κ3) is 31.3. The van der Waals surface area contributed by atoms with E-state index in [1.165, 1.54) is 13.8 Å². The van der Waals surface area contributed by atoms with Gasteiger partial charge in [-0.1, -0.05) is 13.2 Å². The molecule has 0 rings (SSSR count). The van der Waals surface area contributed by atoms with Gasteiger partial charge in [0.2, 0.25) is 0 Å². The monoisotopic (exact) mass is 280 g/mol. The molecule has 0 spiro atoms. The van der Waals surface area contributed by atoms with Crippen LogP contribution in [0, 0.1) is 0 Å². The first-order chi connectivity index (χ1) is 7.70. The van der Waals surface area contributed by atoms with Crippen LogP contribution in [-0.2, 0) is 9.59 Å². The van der Waals surface area contributed by atoms with E-state index in [-0.39, 0.29) is 11.1 Å². The Kier molecular flexibility index (Phi) is 19.0. The third-order valence-electron chi connectivity index (χ3n) is 1.05. The van der Waals surface area contributed by atoms with Crippen molar-refractivity contribution in [2.45, 2.75) is 20.3 Å². The number of carbonyl (C=O) groups is 2. The molecular weight excluding hydrogens is 260 g/mol. The zero-order valence-electron chi connectivity index (χ0n) is 10.1. The van der Waals surface area contributed by atoms with Crippen molar-refractivity contribution in [1.29, 1.82) is 0 Å². The SMILES string of the molecule is C=C(C)C(=O)O.C=C(C)C(=O)O.SCCCS. The van der Waals surface area contributed by atoms with Gasteiger partial charge in [0.15, 0.2) is 0 Å². The first-order valence-electron chi connectivity index (χ1n) is 4.70. The van der Waals surface area contributed by atoms with Crippen LogP contribution >= 0.6 is 25.3 Å². The van der Waals surface area contributed by atoms with Crippen molar-refractivity contribution in [1.82, 2.24) is 0 Å². The van der Waals surface area contributed by atoms with Crippen LogP contribution in [0.4, 0.5) is 0 Å². The van der Waals surface area contributed by atoms with Gasteiger partial charge in [0, 0.05) is 11.1 Å². The van der Waals surface area contributed by atoms with Gasteiger partial charge in [0.1, 0.15) is 0 Å². The minimum Gasteiger partial charge on any atom is -0.478 e. The Morgan fingerprint density at radius 1 is 0.941 bits per heavy atom. The number of hydrogen-bond acceptors (Lipinski definition) is 4. The Bertz CT molecular complexity index is 212. The van der Waals surface area contributed by atoms with E-state index in [0.717, 1.165) is 17.9 Å². The molecule has 17 heavy (non-hydrogen) atoms. The molecule has 0 unspecified atom stereocenters. The molecule has 0 aromatic heterocycles. The minimum absolute atomic E-state index is 0.176. The summed E-state index contributed by atoms with van der Waals surface area (Å²) in [4.78, 5) is 19.2. The van der Waals surface area contributed by atoms with Crippen LogP contribution in [0.3, 0.4) is 0 Å². The normalized spacial score (nSPS) is 7.76. The van der Waals surface area contributed by atoms with Crippen LogP contribution < -0.4 is 0 Å². The smallest absolute Gasteiger partial charge is 0.330 e. The molecule has 0 aromatic rings. The van der Waals surface area contributed by atoms with E-state index >= 15 is 0 Å². The maximum absolute atomic E-state index is 9.60. The number of hydrogen-bond donors (Lipinski definition) is 4. The largest absolute Gasteiger partial charge is 0.478 e. The van der Waals surface area contributed by atoms with Gasteiger partial charge in [0.05, 0.1) is 0 Å². The number of carboxylic acid groups (broad SMARTS) is 2. The van der Waals surface area contributed by atoms with Gasteiger partial charge in [-0.2, -0.15) is 25.3 Å². The molecule has 0 fully saturated rings. The van der Waals surface area contributed by atoms with Crippen molar-refractivity contribution in [2.24, 2.45) is 0 Å². The second-order valence-corrected chi connectivity index (χ2v) is 3.87. The lowest BCUT2D eigenvalue weighted by Crippen LogP contribution is -1.92. The maximum atomic E-state index is 9.60. The van der Waals surface area contributed by atoms with Crippen LogP contribution in [0.2, 0.25) is 0 Å². The zero-order chi connectivity index (χ0) is 14.4. The highest BCUT2D eigenvalue weighted by molar-refractivity contribution is 7.81. The Morgan fingerprint density at radius 2 is 1.12 bits per heavy atom. The van der Waals surface area contributed by atoms with Gasteiger partial charge >= 0.3 is 11.9 Å². The molecule has 0 atom stereocenters. The highest BCUT2D eigenvalue weighted by Gasteiger charge is 1.90. The first-order valence-corrected chi connectivity index (χ1v) is 5.96. The summed E-state index contributed by atoms with van der Waals surface area (Å²) < 4.78 is 0. The topological polar surface area (TPSA) is 74.6 Å². The summed E-state index contributed by atoms with van der Waals surface area (Å²) in [5.41, 5.74) is 0.352. The molecule has 4 nitrogen and oxygen atoms in total. The van der Waals surface area contributed by atoms with Gasteiger partial charge < -0.3 is 10.2 Å². The lowest BCUT2D eigenvalue weighted by molar-refractivity contribution is -0.133. The van der Waals surface area contributed by atoms with Gasteiger partial charge in [-0.05, 0) is 31.8 Å². The molecule has 2 N–H and O–H groups in total. The molecule has 0 bridgehead atoms. The summed E-state index contributed by atoms with van der Waals surface area (Å²) in [6.45, 7) is 9.20. The summed E-state index contributed by atoms with van der Waals surface area (Å²) >= 11 is 7.90. The summed E-state index contributed by atoms with van der Waals surface area (Å²) in [5.74, 6) is 0.0532. The van der Waals surface area contributed by atoms with E-state index in [0.29, 0.717) is 0 Å². The van der Waals surface area contributed by atoms with Crippen molar-refractivity contribution in [3.63, 3.8) is 0 Å². The number of thiol groups is 2. The van der Waals surface area contributed by atoms with Gasteiger partial charge in [0.25, 0.3) is 0 Å². The van der Waals surface area contributed by atoms with Crippen molar-refractivity contribution >= 4 is 37.2 Å². The molecule has 0 saturated heterocycles.